The third kappa shape index (κ3) is 19.6. The predicted molar refractivity (Wildman–Crippen MR) is 112 cm³/mol. The van der Waals surface area contributed by atoms with Crippen molar-refractivity contribution in [1.82, 2.24) is 0 Å². The van der Waals surface area contributed by atoms with Gasteiger partial charge in [0.05, 0.1) is 0 Å². The average Bonchev–Trinajstić information content (AvgIpc) is 2.60. The fourth-order valence-corrected chi connectivity index (χ4v) is 2.03. The first kappa shape index (κ1) is 29.2. The maximum Gasteiger partial charge on any atom is 0 e. The minimum absolute atomic E-state index is 0. The molecule has 0 heterocycles. The molecule has 0 nitrogen and oxygen atoms in total. The molecule has 0 bridgehead atoms. The molecule has 0 spiro atoms. The summed E-state index contributed by atoms with van der Waals surface area (Å²) in [4.78, 5) is 0. The molecule has 2 aromatic carbocycles. The standard InChI is InChI=1S/C10H14.C10H13.2C2H6.Y/c2*1-9(2)8-10-6-4-3-5-7-10;2*1-2;/h3-7,9H,8H2,1-2H3;3-9H,1-2H3;2*1-2H3;/q;-1;;;. The molecule has 0 amide bonds. The van der Waals surface area contributed by atoms with Crippen molar-refractivity contribution in [3.63, 3.8) is 0 Å². The van der Waals surface area contributed by atoms with Crippen molar-refractivity contribution in [3.8, 4) is 0 Å². The molecule has 0 N–H and O–H groups in total. The normalized spacial score (nSPS) is 8.56. The quantitative estimate of drug-likeness (QED) is 0.446. The van der Waals surface area contributed by atoms with Gasteiger partial charge in [-0.2, -0.15) is 24.1 Å². The Balaban J connectivity index is -0.000000312. The van der Waals surface area contributed by atoms with Crippen LogP contribution < -0.4 is 0 Å². The topological polar surface area (TPSA) is 0 Å². The molecule has 0 aliphatic rings. The first-order valence-electron chi connectivity index (χ1n) is 9.51. The molecule has 1 radical (unpaired) electrons. The van der Waals surface area contributed by atoms with Crippen molar-refractivity contribution >= 4 is 0 Å². The fourth-order valence-electron chi connectivity index (χ4n) is 2.03. The smallest absolute Gasteiger partial charge is 0 e. The van der Waals surface area contributed by atoms with Gasteiger partial charge in [-0.05, 0) is 17.9 Å². The Morgan fingerprint density at radius 3 is 1.44 bits per heavy atom. The van der Waals surface area contributed by atoms with Gasteiger partial charge >= 0.3 is 0 Å². The molecule has 139 valence electrons. The van der Waals surface area contributed by atoms with Crippen molar-refractivity contribution in [2.75, 3.05) is 0 Å². The number of rotatable bonds is 4. The Hall–Kier alpha value is -0.586. The van der Waals surface area contributed by atoms with Crippen LogP contribution in [0.15, 0.2) is 60.7 Å². The van der Waals surface area contributed by atoms with E-state index in [1.165, 1.54) is 17.5 Å². The van der Waals surface area contributed by atoms with E-state index in [2.05, 4.69) is 88.7 Å². The van der Waals surface area contributed by atoms with Gasteiger partial charge in [0.15, 0.2) is 0 Å². The van der Waals surface area contributed by atoms with E-state index in [0.29, 0.717) is 5.92 Å². The summed E-state index contributed by atoms with van der Waals surface area (Å²) in [5.41, 5.74) is 2.76. The van der Waals surface area contributed by atoms with E-state index in [1.54, 1.807) is 0 Å². The Morgan fingerprint density at radius 2 is 1.08 bits per heavy atom. The van der Waals surface area contributed by atoms with Crippen molar-refractivity contribution in [1.29, 1.82) is 0 Å². The maximum absolute atomic E-state index is 2.25. The molecular weight excluding hydrogens is 377 g/mol. The second-order valence-corrected chi connectivity index (χ2v) is 5.90. The number of benzene rings is 2. The van der Waals surface area contributed by atoms with E-state index in [9.17, 15) is 0 Å². The molecule has 25 heavy (non-hydrogen) atoms. The van der Waals surface area contributed by atoms with Crippen LogP contribution in [0.2, 0.25) is 0 Å². The van der Waals surface area contributed by atoms with Crippen LogP contribution in [0.4, 0.5) is 0 Å². The average molecular weight is 416 g/mol. The Bertz CT molecular complexity index is 401. The van der Waals surface area contributed by atoms with Gasteiger partial charge in [0.25, 0.3) is 0 Å². The van der Waals surface area contributed by atoms with E-state index >= 15 is 0 Å². The van der Waals surface area contributed by atoms with Gasteiger partial charge in [-0.1, -0.05) is 97.7 Å². The second kappa shape index (κ2) is 21.5. The maximum atomic E-state index is 2.25. The molecule has 0 unspecified atom stereocenters. The van der Waals surface area contributed by atoms with Crippen LogP contribution in [0.25, 0.3) is 0 Å². The zero-order chi connectivity index (χ0) is 18.8. The molecule has 0 saturated heterocycles. The molecule has 0 atom stereocenters. The number of hydrogen-bond acceptors (Lipinski definition) is 0. The second-order valence-electron chi connectivity index (χ2n) is 5.90. The van der Waals surface area contributed by atoms with E-state index in [-0.39, 0.29) is 32.7 Å². The summed E-state index contributed by atoms with van der Waals surface area (Å²) in [5, 5.41) is 0. The van der Waals surface area contributed by atoms with Crippen molar-refractivity contribution in [3.05, 3.63) is 78.2 Å². The van der Waals surface area contributed by atoms with Gasteiger partial charge in [-0.25, -0.2) is 0 Å². The summed E-state index contributed by atoms with van der Waals surface area (Å²) in [6.07, 6.45) is 3.45. The Labute approximate surface area is 183 Å². The van der Waals surface area contributed by atoms with E-state index in [4.69, 9.17) is 0 Å². The van der Waals surface area contributed by atoms with Crippen molar-refractivity contribution in [2.24, 2.45) is 11.8 Å². The van der Waals surface area contributed by atoms with Gasteiger partial charge in [0.1, 0.15) is 0 Å². The van der Waals surface area contributed by atoms with E-state index < -0.39 is 0 Å². The molecule has 1 heteroatoms. The number of hydrogen-bond donors (Lipinski definition) is 0. The van der Waals surface area contributed by atoms with Gasteiger partial charge in [0, 0.05) is 32.7 Å². The largest absolute Gasteiger partial charge is 0.192 e. The van der Waals surface area contributed by atoms with E-state index in [1.807, 2.05) is 33.8 Å². The monoisotopic (exact) mass is 416 g/mol. The summed E-state index contributed by atoms with van der Waals surface area (Å²) in [5.74, 6) is 1.41. The summed E-state index contributed by atoms with van der Waals surface area (Å²) < 4.78 is 0. The summed E-state index contributed by atoms with van der Waals surface area (Å²) in [6, 6.07) is 21.0. The Kier molecular flexibility index (Phi) is 25.1. The summed E-state index contributed by atoms with van der Waals surface area (Å²) >= 11 is 0. The first-order valence-corrected chi connectivity index (χ1v) is 9.51. The molecule has 0 saturated carbocycles. The minimum atomic E-state index is 0. The van der Waals surface area contributed by atoms with Crippen LogP contribution in [-0.4, -0.2) is 0 Å². The molecule has 0 fully saturated rings. The molecule has 0 aliphatic heterocycles. The first-order chi connectivity index (χ1) is 11.6. The van der Waals surface area contributed by atoms with Crippen molar-refractivity contribution in [2.45, 2.75) is 61.8 Å². The minimum Gasteiger partial charge on any atom is -0.192 e. The van der Waals surface area contributed by atoms with E-state index in [0.717, 1.165) is 5.92 Å². The zero-order valence-corrected chi connectivity index (χ0v) is 20.6. The summed E-state index contributed by atoms with van der Waals surface area (Å²) in [7, 11) is 0. The van der Waals surface area contributed by atoms with Crippen LogP contribution in [0.5, 0.6) is 0 Å². The molecule has 0 aliphatic carbocycles. The van der Waals surface area contributed by atoms with Crippen LogP contribution in [0, 0.1) is 18.3 Å². The molecule has 2 rings (SSSR count). The SMILES string of the molecule is CC.CC.CC(C)Cc1ccccc1.CC(C)[CH-]c1ccccc1.[Y]. The predicted octanol–water partition coefficient (Wildman–Crippen LogP) is 7.83. The summed E-state index contributed by atoms with van der Waals surface area (Å²) in [6.45, 7) is 16.9. The van der Waals surface area contributed by atoms with Crippen LogP contribution >= 0.6 is 0 Å². The van der Waals surface area contributed by atoms with Gasteiger partial charge in [-0.3, -0.25) is 0 Å². The fraction of sp³-hybridized carbons (Fsp3) is 0.458. The van der Waals surface area contributed by atoms with Crippen molar-refractivity contribution < 1.29 is 32.7 Å². The molecular formula is C24H39Y-. The third-order valence-corrected chi connectivity index (χ3v) is 2.81. The van der Waals surface area contributed by atoms with Gasteiger partial charge in [-0.15, -0.1) is 12.1 Å². The van der Waals surface area contributed by atoms with Crippen LogP contribution in [-0.2, 0) is 39.1 Å². The van der Waals surface area contributed by atoms with Gasteiger partial charge in [0.2, 0.25) is 0 Å². The van der Waals surface area contributed by atoms with Crippen LogP contribution in [0.3, 0.4) is 0 Å². The van der Waals surface area contributed by atoms with Crippen LogP contribution in [0.1, 0.15) is 66.5 Å². The molecule has 2 aromatic rings. The van der Waals surface area contributed by atoms with Gasteiger partial charge < -0.3 is 0 Å². The Morgan fingerprint density at radius 1 is 0.680 bits per heavy atom. The third-order valence-electron chi connectivity index (χ3n) is 2.81. The molecule has 0 aromatic heterocycles. The zero-order valence-electron chi connectivity index (χ0n) is 17.8.